The first-order valence-electron chi connectivity index (χ1n) is 7.21. The second kappa shape index (κ2) is 6.27. The van der Waals surface area contributed by atoms with Crippen LogP contribution in [0.5, 0.6) is 0 Å². The Bertz CT molecular complexity index is 645. The predicted molar refractivity (Wildman–Crippen MR) is 82.3 cm³/mol. The molecule has 118 valence electrons. The Morgan fingerprint density at radius 1 is 1.36 bits per heavy atom. The van der Waals surface area contributed by atoms with Gasteiger partial charge >= 0.3 is 0 Å². The van der Waals surface area contributed by atoms with Crippen LogP contribution in [0.2, 0.25) is 0 Å². The Balaban J connectivity index is 2.03. The molecule has 1 atom stereocenters. The lowest BCUT2D eigenvalue weighted by molar-refractivity contribution is 0.0142. The summed E-state index contributed by atoms with van der Waals surface area (Å²) in [6.45, 7) is 7.48. The van der Waals surface area contributed by atoms with Gasteiger partial charge in [-0.15, -0.1) is 0 Å². The van der Waals surface area contributed by atoms with Crippen molar-refractivity contribution in [3.05, 3.63) is 35.7 Å². The van der Waals surface area contributed by atoms with Crippen LogP contribution >= 0.6 is 0 Å². The van der Waals surface area contributed by atoms with Crippen molar-refractivity contribution in [2.45, 2.75) is 33.3 Å². The van der Waals surface area contributed by atoms with Crippen LogP contribution in [-0.2, 0) is 0 Å². The van der Waals surface area contributed by atoms with E-state index >= 15 is 0 Å². The monoisotopic (exact) mass is 303 g/mol. The molecule has 0 aliphatic carbocycles. The van der Waals surface area contributed by atoms with E-state index in [-0.39, 0.29) is 18.4 Å². The van der Waals surface area contributed by atoms with Crippen molar-refractivity contribution in [3.63, 3.8) is 0 Å². The molecular weight excluding hydrogens is 282 g/mol. The summed E-state index contributed by atoms with van der Waals surface area (Å²) in [6.07, 6.45) is 0. The summed E-state index contributed by atoms with van der Waals surface area (Å²) < 4.78 is 5.07. The molecule has 1 aromatic heterocycles. The summed E-state index contributed by atoms with van der Waals surface area (Å²) in [5.74, 6) is 0.810. The Kier molecular flexibility index (Phi) is 4.61. The van der Waals surface area contributed by atoms with Crippen molar-refractivity contribution in [2.24, 2.45) is 5.92 Å². The molecule has 0 bridgehead atoms. The Labute approximate surface area is 129 Å². The van der Waals surface area contributed by atoms with Gasteiger partial charge in [-0.3, -0.25) is 4.79 Å². The number of aryl methyl sites for hydroxylation is 1. The Morgan fingerprint density at radius 2 is 2.00 bits per heavy atom. The highest BCUT2D eigenvalue weighted by atomic mass is 16.5. The molecule has 0 saturated heterocycles. The SMILES string of the molecule is Cc1noc(-c2ccc(C(=O)NCC(C)(O)C(C)C)cc2)n1. The van der Waals surface area contributed by atoms with Gasteiger partial charge in [0.1, 0.15) is 0 Å². The predicted octanol–water partition coefficient (Wildman–Crippen LogP) is 2.18. The number of nitrogens with one attached hydrogen (secondary N) is 1. The number of hydrogen-bond acceptors (Lipinski definition) is 5. The molecule has 2 aromatic rings. The highest BCUT2D eigenvalue weighted by Crippen LogP contribution is 2.18. The van der Waals surface area contributed by atoms with Crippen molar-refractivity contribution in [1.29, 1.82) is 0 Å². The molecule has 0 aliphatic rings. The standard InChI is InChI=1S/C16H21N3O3/c1-10(2)16(4,21)9-17-14(20)12-5-7-13(8-6-12)15-18-11(3)19-22-15/h5-8,10,21H,9H2,1-4H3,(H,17,20). The second-order valence-corrected chi connectivity index (χ2v) is 5.92. The van der Waals surface area contributed by atoms with Crippen LogP contribution in [0.15, 0.2) is 28.8 Å². The summed E-state index contributed by atoms with van der Waals surface area (Å²) in [4.78, 5) is 16.2. The highest BCUT2D eigenvalue weighted by molar-refractivity contribution is 5.94. The van der Waals surface area contributed by atoms with Crippen molar-refractivity contribution in [1.82, 2.24) is 15.5 Å². The maximum Gasteiger partial charge on any atom is 0.257 e. The molecule has 1 heterocycles. The number of benzene rings is 1. The van der Waals surface area contributed by atoms with Gasteiger partial charge < -0.3 is 14.9 Å². The van der Waals surface area contributed by atoms with E-state index < -0.39 is 5.60 Å². The van der Waals surface area contributed by atoms with Crippen LogP contribution in [0.4, 0.5) is 0 Å². The second-order valence-electron chi connectivity index (χ2n) is 5.92. The van der Waals surface area contributed by atoms with Gasteiger partial charge in [-0.25, -0.2) is 0 Å². The van der Waals surface area contributed by atoms with E-state index in [1.54, 1.807) is 38.1 Å². The lowest BCUT2D eigenvalue weighted by atomic mass is 9.92. The van der Waals surface area contributed by atoms with Crippen molar-refractivity contribution < 1.29 is 14.4 Å². The van der Waals surface area contributed by atoms with E-state index in [0.29, 0.717) is 17.3 Å². The van der Waals surface area contributed by atoms with Gasteiger partial charge in [0.15, 0.2) is 5.82 Å². The molecule has 0 aliphatic heterocycles. The van der Waals surface area contributed by atoms with E-state index in [1.165, 1.54) is 0 Å². The van der Waals surface area contributed by atoms with Crippen LogP contribution < -0.4 is 5.32 Å². The third-order valence-electron chi connectivity index (χ3n) is 3.77. The molecule has 0 fully saturated rings. The zero-order chi connectivity index (χ0) is 16.3. The molecule has 6 nitrogen and oxygen atoms in total. The quantitative estimate of drug-likeness (QED) is 0.884. The van der Waals surface area contributed by atoms with E-state index in [2.05, 4.69) is 15.5 Å². The number of nitrogens with zero attached hydrogens (tertiary/aromatic N) is 2. The third-order valence-corrected chi connectivity index (χ3v) is 3.77. The number of rotatable bonds is 5. The maximum absolute atomic E-state index is 12.1. The van der Waals surface area contributed by atoms with Gasteiger partial charge in [0.25, 0.3) is 11.8 Å². The van der Waals surface area contributed by atoms with E-state index in [4.69, 9.17) is 4.52 Å². The lowest BCUT2D eigenvalue weighted by Gasteiger charge is -2.27. The van der Waals surface area contributed by atoms with E-state index in [0.717, 1.165) is 5.56 Å². The van der Waals surface area contributed by atoms with Gasteiger partial charge in [-0.1, -0.05) is 19.0 Å². The first kappa shape index (κ1) is 16.2. The third kappa shape index (κ3) is 3.71. The maximum atomic E-state index is 12.1. The molecular formula is C16H21N3O3. The van der Waals surface area contributed by atoms with Crippen LogP contribution in [0.25, 0.3) is 11.5 Å². The summed E-state index contributed by atoms with van der Waals surface area (Å²) >= 11 is 0. The molecule has 2 rings (SSSR count). The summed E-state index contributed by atoms with van der Waals surface area (Å²) in [7, 11) is 0. The largest absolute Gasteiger partial charge is 0.388 e. The van der Waals surface area contributed by atoms with Gasteiger partial charge in [-0.2, -0.15) is 4.98 Å². The minimum Gasteiger partial charge on any atom is -0.388 e. The fraction of sp³-hybridized carbons (Fsp3) is 0.438. The fourth-order valence-electron chi connectivity index (χ4n) is 1.74. The molecule has 0 spiro atoms. The highest BCUT2D eigenvalue weighted by Gasteiger charge is 2.25. The number of amides is 1. The fourth-order valence-corrected chi connectivity index (χ4v) is 1.74. The van der Waals surface area contributed by atoms with Crippen molar-refractivity contribution >= 4 is 5.91 Å². The molecule has 0 saturated carbocycles. The minimum atomic E-state index is -0.934. The minimum absolute atomic E-state index is 0.0518. The molecule has 1 unspecified atom stereocenters. The van der Waals surface area contributed by atoms with Crippen LogP contribution in [0.3, 0.4) is 0 Å². The zero-order valence-electron chi connectivity index (χ0n) is 13.3. The van der Waals surface area contributed by atoms with Crippen LogP contribution in [0, 0.1) is 12.8 Å². The van der Waals surface area contributed by atoms with Gasteiger partial charge in [0.05, 0.1) is 5.60 Å². The van der Waals surface area contributed by atoms with Crippen LogP contribution in [0.1, 0.15) is 37.0 Å². The Morgan fingerprint density at radius 3 is 2.50 bits per heavy atom. The summed E-state index contributed by atoms with van der Waals surface area (Å²) in [6, 6.07) is 6.88. The number of carbonyl (C=O) groups excluding carboxylic acids is 1. The van der Waals surface area contributed by atoms with Gasteiger partial charge in [0, 0.05) is 17.7 Å². The van der Waals surface area contributed by atoms with E-state index in [1.807, 2.05) is 13.8 Å². The number of hydrogen-bond donors (Lipinski definition) is 2. The smallest absolute Gasteiger partial charge is 0.257 e. The van der Waals surface area contributed by atoms with E-state index in [9.17, 15) is 9.90 Å². The van der Waals surface area contributed by atoms with Gasteiger partial charge in [0.2, 0.25) is 0 Å². The summed E-state index contributed by atoms with van der Waals surface area (Å²) in [5.41, 5.74) is 0.336. The lowest BCUT2D eigenvalue weighted by Crippen LogP contribution is -2.44. The zero-order valence-corrected chi connectivity index (χ0v) is 13.3. The first-order valence-corrected chi connectivity index (χ1v) is 7.21. The molecule has 6 heteroatoms. The average Bonchev–Trinajstić information content (AvgIpc) is 2.91. The first-order chi connectivity index (χ1) is 10.3. The topological polar surface area (TPSA) is 88.2 Å². The van der Waals surface area contributed by atoms with Gasteiger partial charge in [-0.05, 0) is 44.0 Å². The summed E-state index contributed by atoms with van der Waals surface area (Å²) in [5, 5.41) is 16.6. The molecule has 0 radical (unpaired) electrons. The molecule has 1 aromatic carbocycles. The molecule has 1 amide bonds. The normalized spacial score (nSPS) is 13.9. The number of aliphatic hydroxyl groups is 1. The average molecular weight is 303 g/mol. The van der Waals surface area contributed by atoms with Crippen molar-refractivity contribution in [2.75, 3.05) is 6.54 Å². The van der Waals surface area contributed by atoms with Crippen molar-refractivity contribution in [3.8, 4) is 11.5 Å². The van der Waals surface area contributed by atoms with Crippen LogP contribution in [-0.4, -0.2) is 33.3 Å². The Hall–Kier alpha value is -2.21. The number of carbonyl (C=O) groups is 1. The number of aromatic nitrogens is 2. The molecule has 22 heavy (non-hydrogen) atoms. The molecule has 2 N–H and O–H groups in total.